The molecule has 4 rings (SSSR count). The summed E-state index contributed by atoms with van der Waals surface area (Å²) in [6.45, 7) is 4.18. The van der Waals surface area contributed by atoms with Crippen molar-refractivity contribution in [2.24, 2.45) is 0 Å². The zero-order valence-corrected chi connectivity index (χ0v) is 24.7. The highest BCUT2D eigenvalue weighted by molar-refractivity contribution is 7.99. The van der Waals surface area contributed by atoms with Crippen LogP contribution in [0.3, 0.4) is 0 Å². The molecule has 1 aliphatic heterocycles. The van der Waals surface area contributed by atoms with E-state index in [0.717, 1.165) is 22.8 Å². The Morgan fingerprint density at radius 3 is 2.33 bits per heavy atom. The van der Waals surface area contributed by atoms with Crippen LogP contribution in [-0.4, -0.2) is 58.3 Å². The van der Waals surface area contributed by atoms with Crippen LogP contribution in [0, 0.1) is 0 Å². The smallest absolute Gasteiger partial charge is 0.336 e. The van der Waals surface area contributed by atoms with Gasteiger partial charge in [-0.3, -0.25) is 4.79 Å². The van der Waals surface area contributed by atoms with E-state index in [9.17, 15) is 9.59 Å². The van der Waals surface area contributed by atoms with Crippen LogP contribution >= 0.6 is 11.8 Å². The van der Waals surface area contributed by atoms with E-state index in [0.29, 0.717) is 51.8 Å². The van der Waals surface area contributed by atoms with Crippen LogP contribution < -0.4 is 24.3 Å². The van der Waals surface area contributed by atoms with Crippen molar-refractivity contribution in [1.82, 2.24) is 5.32 Å². The number of benzene rings is 2. The van der Waals surface area contributed by atoms with Crippen molar-refractivity contribution < 1.29 is 33.3 Å². The number of allylic oxidation sites excluding steroid dienone is 3. The van der Waals surface area contributed by atoms with Gasteiger partial charge >= 0.3 is 5.97 Å². The number of hydrogen-bond donors (Lipinski definition) is 1. The number of ketones is 1. The van der Waals surface area contributed by atoms with E-state index < -0.39 is 11.9 Å². The molecule has 0 bridgehead atoms. The van der Waals surface area contributed by atoms with Gasteiger partial charge in [-0.25, -0.2) is 4.79 Å². The highest BCUT2D eigenvalue weighted by atomic mass is 32.2. The van der Waals surface area contributed by atoms with Crippen molar-refractivity contribution in [3.05, 3.63) is 70.1 Å². The highest BCUT2D eigenvalue weighted by Gasteiger charge is 2.43. The Hall–Kier alpha value is -3.59. The van der Waals surface area contributed by atoms with Crippen LogP contribution in [0.1, 0.15) is 49.7 Å². The standard InChI is InChI=1S/C31H37NO7S/c1-7-40-15-14-39-31(34)26-18(2)32-22-16-19(20-10-8-9-11-24(20)35-3)17-23(33)28(22)27(26)21-12-13-25(36-4)30(38-6)29(21)37-5/h8-13,19,27,32H,7,14-17H2,1-6H3. The van der Waals surface area contributed by atoms with Gasteiger partial charge < -0.3 is 29.0 Å². The second-order valence-corrected chi connectivity index (χ2v) is 10.9. The Balaban J connectivity index is 1.84. The summed E-state index contributed by atoms with van der Waals surface area (Å²) in [5, 5.41) is 3.40. The molecule has 2 atom stereocenters. The molecule has 1 heterocycles. The van der Waals surface area contributed by atoms with Crippen LogP contribution in [0.5, 0.6) is 23.0 Å². The fraction of sp³-hybridized carbons (Fsp3) is 0.419. The van der Waals surface area contributed by atoms with Gasteiger partial charge in [-0.2, -0.15) is 11.8 Å². The van der Waals surface area contributed by atoms with Gasteiger partial charge in [0.25, 0.3) is 0 Å². The number of thioether (sulfide) groups is 1. The zero-order valence-electron chi connectivity index (χ0n) is 23.9. The predicted octanol–water partition coefficient (Wildman–Crippen LogP) is 5.38. The average molecular weight is 568 g/mol. The topological polar surface area (TPSA) is 92.3 Å². The molecule has 0 amide bonds. The Morgan fingerprint density at radius 2 is 1.65 bits per heavy atom. The predicted molar refractivity (Wildman–Crippen MR) is 156 cm³/mol. The van der Waals surface area contributed by atoms with Crippen LogP contribution in [0.15, 0.2) is 58.9 Å². The molecule has 1 aliphatic carbocycles. The highest BCUT2D eigenvalue weighted by Crippen LogP contribution is 2.51. The average Bonchev–Trinajstić information content (AvgIpc) is 2.97. The SMILES string of the molecule is CCSCCOC(=O)C1=C(C)NC2=C(C(=O)CC(c3ccccc3OC)C2)C1c1ccc(OC)c(OC)c1OC. The quantitative estimate of drug-likeness (QED) is 0.284. The summed E-state index contributed by atoms with van der Waals surface area (Å²) in [4.78, 5) is 27.6. The molecule has 0 fully saturated rings. The number of ether oxygens (including phenoxy) is 5. The van der Waals surface area contributed by atoms with Crippen molar-refractivity contribution in [2.45, 2.75) is 38.5 Å². The first-order valence-electron chi connectivity index (χ1n) is 13.3. The summed E-state index contributed by atoms with van der Waals surface area (Å²) in [5.41, 5.74) is 3.96. The van der Waals surface area contributed by atoms with E-state index in [1.54, 1.807) is 32.0 Å². The van der Waals surface area contributed by atoms with Gasteiger partial charge in [0.05, 0.1) is 39.9 Å². The maximum absolute atomic E-state index is 14.0. The second-order valence-electron chi connectivity index (χ2n) is 9.52. The molecule has 40 heavy (non-hydrogen) atoms. The minimum atomic E-state index is -0.705. The number of carbonyl (C=O) groups excluding carboxylic acids is 2. The molecule has 1 N–H and O–H groups in total. The molecule has 0 aromatic heterocycles. The molecular weight excluding hydrogens is 530 g/mol. The monoisotopic (exact) mass is 567 g/mol. The van der Waals surface area contributed by atoms with Crippen LogP contribution in [0.4, 0.5) is 0 Å². The van der Waals surface area contributed by atoms with E-state index in [2.05, 4.69) is 12.2 Å². The number of rotatable bonds is 11. The summed E-state index contributed by atoms with van der Waals surface area (Å²) < 4.78 is 28.3. The lowest BCUT2D eigenvalue weighted by molar-refractivity contribution is -0.138. The lowest BCUT2D eigenvalue weighted by Crippen LogP contribution is -2.36. The molecule has 2 aromatic rings. The Bertz CT molecular complexity index is 1330. The van der Waals surface area contributed by atoms with Crippen LogP contribution in [0.2, 0.25) is 0 Å². The summed E-state index contributed by atoms with van der Waals surface area (Å²) >= 11 is 1.70. The van der Waals surface area contributed by atoms with Crippen molar-refractivity contribution in [2.75, 3.05) is 46.6 Å². The minimum Gasteiger partial charge on any atom is -0.496 e. The number of hydrogen-bond acceptors (Lipinski definition) is 9. The van der Waals surface area contributed by atoms with E-state index in [4.69, 9.17) is 23.7 Å². The maximum Gasteiger partial charge on any atom is 0.336 e. The molecule has 2 aliphatic rings. The van der Waals surface area contributed by atoms with Gasteiger partial charge in [-0.15, -0.1) is 0 Å². The first-order chi connectivity index (χ1) is 19.4. The number of methoxy groups -OCH3 is 4. The molecule has 0 radical (unpaired) electrons. The van der Waals surface area contributed by atoms with E-state index in [1.807, 2.05) is 37.3 Å². The number of carbonyl (C=O) groups is 2. The van der Waals surface area contributed by atoms with E-state index in [-0.39, 0.29) is 24.7 Å². The fourth-order valence-electron chi connectivity index (χ4n) is 5.61. The van der Waals surface area contributed by atoms with Gasteiger partial charge in [0, 0.05) is 40.6 Å². The van der Waals surface area contributed by atoms with Gasteiger partial charge in [-0.05, 0) is 36.8 Å². The van der Waals surface area contributed by atoms with Gasteiger partial charge in [0.2, 0.25) is 5.75 Å². The van der Waals surface area contributed by atoms with Crippen LogP contribution in [0.25, 0.3) is 0 Å². The third-order valence-corrected chi connectivity index (χ3v) is 8.20. The van der Waals surface area contributed by atoms with Gasteiger partial charge in [-0.1, -0.05) is 31.2 Å². The molecule has 8 nitrogen and oxygen atoms in total. The second kappa shape index (κ2) is 13.2. The first kappa shape index (κ1) is 29.4. The molecule has 0 saturated carbocycles. The number of esters is 1. The molecular formula is C31H37NO7S. The Kier molecular flexibility index (Phi) is 9.68. The molecule has 214 valence electrons. The molecule has 2 aromatic carbocycles. The Morgan fingerprint density at radius 1 is 0.925 bits per heavy atom. The van der Waals surface area contributed by atoms with Crippen molar-refractivity contribution in [3.8, 4) is 23.0 Å². The maximum atomic E-state index is 14.0. The van der Waals surface area contributed by atoms with E-state index >= 15 is 0 Å². The lowest BCUT2D eigenvalue weighted by atomic mass is 9.71. The summed E-state index contributed by atoms with van der Waals surface area (Å²) in [7, 11) is 6.25. The molecule has 0 saturated heterocycles. The fourth-order valence-corrected chi connectivity index (χ4v) is 6.10. The molecule has 0 spiro atoms. The number of nitrogens with one attached hydrogen (secondary N) is 1. The lowest BCUT2D eigenvalue weighted by Gasteiger charge is -2.37. The van der Waals surface area contributed by atoms with Crippen molar-refractivity contribution in [1.29, 1.82) is 0 Å². The zero-order chi connectivity index (χ0) is 28.8. The third-order valence-electron chi connectivity index (χ3n) is 7.34. The van der Waals surface area contributed by atoms with Gasteiger partial charge in [0.1, 0.15) is 12.4 Å². The number of dihydropyridines is 1. The van der Waals surface area contributed by atoms with Crippen molar-refractivity contribution >= 4 is 23.5 Å². The molecule has 2 unspecified atom stereocenters. The Labute approximate surface area is 240 Å². The largest absolute Gasteiger partial charge is 0.496 e. The normalized spacial score (nSPS) is 18.6. The minimum absolute atomic E-state index is 0.0502. The van der Waals surface area contributed by atoms with E-state index in [1.165, 1.54) is 14.2 Å². The summed E-state index contributed by atoms with van der Waals surface area (Å²) in [5.74, 6) is 2.37. The van der Waals surface area contributed by atoms with Crippen LogP contribution in [-0.2, 0) is 14.3 Å². The number of para-hydroxylation sites is 1. The summed E-state index contributed by atoms with van der Waals surface area (Å²) in [6.07, 6.45) is 0.863. The number of Topliss-reactive ketones (excluding diaryl/α,β-unsaturated/α-hetero) is 1. The third kappa shape index (κ3) is 5.66. The molecule has 9 heteroatoms. The van der Waals surface area contributed by atoms with Gasteiger partial charge in [0.15, 0.2) is 17.3 Å². The van der Waals surface area contributed by atoms with Crippen molar-refractivity contribution in [3.63, 3.8) is 0 Å². The first-order valence-corrected chi connectivity index (χ1v) is 14.5. The summed E-state index contributed by atoms with van der Waals surface area (Å²) in [6, 6.07) is 11.4.